The van der Waals surface area contributed by atoms with Crippen LogP contribution in [0.5, 0.6) is 0 Å². The normalized spacial score (nSPS) is 11.9. The number of halogens is 1. The highest BCUT2D eigenvalue weighted by atomic mass is 35.5. The van der Waals surface area contributed by atoms with Gasteiger partial charge in [-0.05, 0) is 30.4 Å². The van der Waals surface area contributed by atoms with Crippen molar-refractivity contribution in [2.24, 2.45) is 5.73 Å². The van der Waals surface area contributed by atoms with Gasteiger partial charge in [-0.2, -0.15) is 0 Å². The van der Waals surface area contributed by atoms with E-state index in [2.05, 4.69) is 31.2 Å². The summed E-state index contributed by atoms with van der Waals surface area (Å²) in [7, 11) is 0. The number of aliphatic hydroxyl groups is 1. The van der Waals surface area contributed by atoms with E-state index >= 15 is 0 Å². The van der Waals surface area contributed by atoms with Gasteiger partial charge in [0, 0.05) is 12.6 Å². The van der Waals surface area contributed by atoms with Crippen LogP contribution in [0.4, 0.5) is 0 Å². The molecule has 0 heterocycles. The molecular weight excluding hydrogens is 210 g/mol. The van der Waals surface area contributed by atoms with Crippen molar-refractivity contribution in [3.63, 3.8) is 0 Å². The van der Waals surface area contributed by atoms with Crippen molar-refractivity contribution in [1.29, 1.82) is 0 Å². The molecule has 0 saturated heterocycles. The largest absolute Gasteiger partial charge is 0.396 e. The summed E-state index contributed by atoms with van der Waals surface area (Å²) in [4.78, 5) is 0. The Kier molecular flexibility index (Phi) is 7.39. The summed E-state index contributed by atoms with van der Waals surface area (Å²) in [5, 5.41) is 8.69. The monoisotopic (exact) mass is 229 g/mol. The van der Waals surface area contributed by atoms with Crippen molar-refractivity contribution in [3.05, 3.63) is 35.4 Å². The third-order valence-electron chi connectivity index (χ3n) is 2.49. The zero-order chi connectivity index (χ0) is 10.4. The van der Waals surface area contributed by atoms with E-state index in [0.717, 1.165) is 24.8 Å². The number of hydrogen-bond acceptors (Lipinski definition) is 2. The van der Waals surface area contributed by atoms with Crippen molar-refractivity contribution in [2.45, 2.75) is 32.2 Å². The van der Waals surface area contributed by atoms with E-state index in [0.29, 0.717) is 0 Å². The smallest absolute Gasteiger partial charge is 0.0431 e. The van der Waals surface area contributed by atoms with Crippen molar-refractivity contribution >= 4 is 12.4 Å². The Morgan fingerprint density at radius 2 is 1.87 bits per heavy atom. The third-order valence-corrected chi connectivity index (χ3v) is 2.49. The summed E-state index contributed by atoms with van der Waals surface area (Å²) in [5.41, 5.74) is 8.46. The summed E-state index contributed by atoms with van der Waals surface area (Å²) in [6.07, 6.45) is 2.69. The first kappa shape index (κ1) is 14.4. The molecule has 0 spiro atoms. The lowest BCUT2D eigenvalue weighted by Crippen LogP contribution is -2.10. The minimum absolute atomic E-state index is 0. The highest BCUT2D eigenvalue weighted by Gasteiger charge is 2.04. The van der Waals surface area contributed by atoms with E-state index in [4.69, 9.17) is 10.8 Å². The predicted octanol–water partition coefficient (Wildman–Crippen LogP) is 2.44. The number of benzene rings is 1. The van der Waals surface area contributed by atoms with Crippen molar-refractivity contribution in [1.82, 2.24) is 0 Å². The minimum Gasteiger partial charge on any atom is -0.396 e. The zero-order valence-electron chi connectivity index (χ0n) is 9.15. The van der Waals surface area contributed by atoms with Crippen molar-refractivity contribution in [2.75, 3.05) is 6.61 Å². The third kappa shape index (κ3) is 4.65. The first-order valence-corrected chi connectivity index (χ1v) is 5.23. The maximum atomic E-state index is 8.69. The molecule has 86 valence electrons. The van der Waals surface area contributed by atoms with Crippen LogP contribution >= 0.6 is 12.4 Å². The molecule has 3 heteroatoms. The summed E-state index contributed by atoms with van der Waals surface area (Å²) in [5.74, 6) is 0. The van der Waals surface area contributed by atoms with Crippen LogP contribution in [-0.2, 0) is 6.42 Å². The summed E-state index contributed by atoms with van der Waals surface area (Å²) in [6, 6.07) is 8.47. The van der Waals surface area contributed by atoms with Crippen LogP contribution in [0.15, 0.2) is 24.3 Å². The Morgan fingerprint density at radius 1 is 1.27 bits per heavy atom. The van der Waals surface area contributed by atoms with E-state index in [-0.39, 0.29) is 25.1 Å². The van der Waals surface area contributed by atoms with Gasteiger partial charge in [0.15, 0.2) is 0 Å². The van der Waals surface area contributed by atoms with Crippen LogP contribution in [0.1, 0.15) is 36.9 Å². The molecule has 0 amide bonds. The molecule has 0 aliphatic carbocycles. The van der Waals surface area contributed by atoms with Crippen LogP contribution in [-0.4, -0.2) is 11.7 Å². The molecule has 0 saturated carbocycles. The topological polar surface area (TPSA) is 46.2 Å². The summed E-state index contributed by atoms with van der Waals surface area (Å²) >= 11 is 0. The van der Waals surface area contributed by atoms with Gasteiger partial charge in [-0.1, -0.05) is 31.2 Å². The molecular formula is C12H20ClNO. The summed E-state index contributed by atoms with van der Waals surface area (Å²) < 4.78 is 0. The Morgan fingerprint density at radius 3 is 2.33 bits per heavy atom. The maximum Gasteiger partial charge on any atom is 0.0431 e. The van der Waals surface area contributed by atoms with E-state index in [1.54, 1.807) is 0 Å². The average molecular weight is 230 g/mol. The van der Waals surface area contributed by atoms with Crippen molar-refractivity contribution in [3.8, 4) is 0 Å². The van der Waals surface area contributed by atoms with Crippen LogP contribution in [0.3, 0.4) is 0 Å². The van der Waals surface area contributed by atoms with E-state index in [1.807, 2.05) is 0 Å². The number of nitrogens with two attached hydrogens (primary N) is 1. The van der Waals surface area contributed by atoms with Gasteiger partial charge in [-0.25, -0.2) is 0 Å². The predicted molar refractivity (Wildman–Crippen MR) is 66.3 cm³/mol. The molecule has 0 bridgehead atoms. The molecule has 1 aromatic rings. The van der Waals surface area contributed by atoms with Crippen LogP contribution < -0.4 is 5.73 Å². The SMILES string of the molecule is CCc1ccc([C@@H](N)CCCO)cc1.Cl. The number of rotatable bonds is 5. The van der Waals surface area contributed by atoms with E-state index in [1.165, 1.54) is 5.56 Å². The van der Waals surface area contributed by atoms with Gasteiger partial charge < -0.3 is 10.8 Å². The lowest BCUT2D eigenvalue weighted by molar-refractivity contribution is 0.280. The fourth-order valence-corrected chi connectivity index (χ4v) is 1.48. The number of aryl methyl sites for hydroxylation is 1. The average Bonchev–Trinajstić information content (AvgIpc) is 2.26. The molecule has 0 aromatic heterocycles. The molecule has 15 heavy (non-hydrogen) atoms. The van der Waals surface area contributed by atoms with Crippen LogP contribution in [0.2, 0.25) is 0 Å². The fourth-order valence-electron chi connectivity index (χ4n) is 1.48. The van der Waals surface area contributed by atoms with Gasteiger partial charge in [-0.3, -0.25) is 0 Å². The van der Waals surface area contributed by atoms with Crippen LogP contribution in [0, 0.1) is 0 Å². The molecule has 1 rings (SSSR count). The Hall–Kier alpha value is -0.570. The highest BCUT2D eigenvalue weighted by molar-refractivity contribution is 5.85. The lowest BCUT2D eigenvalue weighted by atomic mass is 10.0. The van der Waals surface area contributed by atoms with Gasteiger partial charge >= 0.3 is 0 Å². The van der Waals surface area contributed by atoms with Gasteiger partial charge in [0.25, 0.3) is 0 Å². The minimum atomic E-state index is 0. The first-order chi connectivity index (χ1) is 6.77. The molecule has 0 aliphatic heterocycles. The van der Waals surface area contributed by atoms with E-state index in [9.17, 15) is 0 Å². The molecule has 1 atom stereocenters. The standard InChI is InChI=1S/C12H19NO.ClH/c1-2-10-5-7-11(8-6-10)12(13)4-3-9-14;/h5-8,12,14H,2-4,9,13H2,1H3;1H/t12-;/m0./s1. The molecule has 2 nitrogen and oxygen atoms in total. The number of aliphatic hydroxyl groups excluding tert-OH is 1. The quantitative estimate of drug-likeness (QED) is 0.815. The Bertz CT molecular complexity index is 261. The molecule has 1 aromatic carbocycles. The second kappa shape index (κ2) is 7.69. The number of hydrogen-bond donors (Lipinski definition) is 2. The highest BCUT2D eigenvalue weighted by Crippen LogP contribution is 2.16. The molecule has 0 fully saturated rings. The van der Waals surface area contributed by atoms with Crippen molar-refractivity contribution < 1.29 is 5.11 Å². The zero-order valence-corrected chi connectivity index (χ0v) is 9.96. The van der Waals surface area contributed by atoms with E-state index < -0.39 is 0 Å². The maximum absolute atomic E-state index is 8.69. The second-order valence-corrected chi connectivity index (χ2v) is 3.57. The Labute approximate surface area is 97.9 Å². The molecule has 0 aliphatic rings. The van der Waals surface area contributed by atoms with Gasteiger partial charge in [0.05, 0.1) is 0 Å². The second-order valence-electron chi connectivity index (χ2n) is 3.57. The Balaban J connectivity index is 0.00000196. The first-order valence-electron chi connectivity index (χ1n) is 5.23. The lowest BCUT2D eigenvalue weighted by Gasteiger charge is -2.11. The molecule has 3 N–H and O–H groups in total. The van der Waals surface area contributed by atoms with Gasteiger partial charge in [-0.15, -0.1) is 12.4 Å². The van der Waals surface area contributed by atoms with Crippen LogP contribution in [0.25, 0.3) is 0 Å². The fraction of sp³-hybridized carbons (Fsp3) is 0.500. The molecule has 0 unspecified atom stereocenters. The van der Waals surface area contributed by atoms with Gasteiger partial charge in [0.2, 0.25) is 0 Å². The molecule has 0 radical (unpaired) electrons. The van der Waals surface area contributed by atoms with Gasteiger partial charge in [0.1, 0.15) is 0 Å². The summed E-state index contributed by atoms with van der Waals surface area (Å²) in [6.45, 7) is 2.36.